The number of hydrogen-bond donors (Lipinski definition) is 1. The minimum absolute atomic E-state index is 0.0470. The molecule has 0 aromatic carbocycles. The van der Waals surface area contributed by atoms with E-state index in [-0.39, 0.29) is 48.3 Å². The van der Waals surface area contributed by atoms with Crippen LogP contribution in [0.5, 0.6) is 0 Å². The molecule has 3 saturated carbocycles. The number of Topliss-reactive ketones (excluding diaryl/α,β-unsaturated/α-hetero) is 1. The Labute approximate surface area is 191 Å². The number of fused-ring (bicyclic) bond motifs is 5. The highest BCUT2D eigenvalue weighted by Crippen LogP contribution is 2.71. The molecule has 3 fully saturated rings. The number of carbonyl (C=O) groups is 3. The molecule has 0 spiro atoms. The Morgan fingerprint density at radius 3 is 2.61 bits per heavy atom. The van der Waals surface area contributed by atoms with Gasteiger partial charge in [0.05, 0.1) is 10.4 Å². The van der Waals surface area contributed by atoms with Gasteiger partial charge in [-0.1, -0.05) is 36.7 Å². The van der Waals surface area contributed by atoms with Crippen molar-refractivity contribution >= 4 is 33.5 Å². The van der Waals surface area contributed by atoms with Crippen molar-refractivity contribution in [2.75, 3.05) is 6.61 Å². The summed E-state index contributed by atoms with van der Waals surface area (Å²) in [5, 5.41) is 11.6. The average molecular weight is 499 g/mol. The van der Waals surface area contributed by atoms with Crippen LogP contribution in [0.3, 0.4) is 0 Å². The molecule has 0 amide bonds. The quantitative estimate of drug-likeness (QED) is 0.470. The topological polar surface area (TPSA) is 80.7 Å². The van der Waals surface area contributed by atoms with E-state index in [0.29, 0.717) is 24.8 Å². The first-order chi connectivity index (χ1) is 14.4. The van der Waals surface area contributed by atoms with Crippen LogP contribution in [0.15, 0.2) is 11.6 Å². The van der Waals surface area contributed by atoms with Gasteiger partial charge in [0.2, 0.25) is 0 Å². The summed E-state index contributed by atoms with van der Waals surface area (Å²) in [4.78, 5) is 36.4. The summed E-state index contributed by atoms with van der Waals surface area (Å²) in [5.74, 6) is -1.08. The van der Waals surface area contributed by atoms with Gasteiger partial charge in [0, 0.05) is 24.7 Å². The van der Waals surface area contributed by atoms with Crippen LogP contribution in [0.25, 0.3) is 0 Å². The zero-order valence-corrected chi connectivity index (χ0v) is 20.2. The number of hydrogen-bond acceptors (Lipinski definition) is 5. The monoisotopic (exact) mass is 498 g/mol. The fraction of sp³-hybridized carbons (Fsp3) is 0.792. The second-order valence-corrected chi connectivity index (χ2v) is 12.1. The Morgan fingerprint density at radius 1 is 1.29 bits per heavy atom. The van der Waals surface area contributed by atoms with Crippen molar-refractivity contribution in [2.24, 2.45) is 34.5 Å². The van der Waals surface area contributed by atoms with E-state index in [9.17, 15) is 19.5 Å². The molecule has 172 valence electrons. The lowest BCUT2D eigenvalue weighted by molar-refractivity contribution is -0.152. The number of aliphatic hydroxyl groups excluding tert-OH is 1. The van der Waals surface area contributed by atoms with Crippen LogP contribution in [0, 0.1) is 34.5 Å². The highest BCUT2D eigenvalue weighted by atomic mass is 79.9. The van der Waals surface area contributed by atoms with E-state index in [1.54, 1.807) is 0 Å². The van der Waals surface area contributed by atoms with E-state index >= 15 is 4.39 Å². The summed E-state index contributed by atoms with van der Waals surface area (Å²) in [7, 11) is 0. The Balaban J connectivity index is 1.74. The van der Waals surface area contributed by atoms with Gasteiger partial charge in [0.25, 0.3) is 0 Å². The first-order valence-electron chi connectivity index (χ1n) is 11.3. The Morgan fingerprint density at radius 2 is 1.97 bits per heavy atom. The van der Waals surface area contributed by atoms with E-state index in [2.05, 4.69) is 15.9 Å². The van der Waals surface area contributed by atoms with Crippen LogP contribution in [-0.2, 0) is 19.1 Å². The molecule has 0 heterocycles. The normalized spacial score (nSPS) is 48.9. The van der Waals surface area contributed by atoms with Crippen molar-refractivity contribution in [1.29, 1.82) is 0 Å². The van der Waals surface area contributed by atoms with Crippen LogP contribution >= 0.6 is 15.9 Å². The van der Waals surface area contributed by atoms with Gasteiger partial charge >= 0.3 is 5.97 Å². The lowest BCUT2D eigenvalue weighted by Gasteiger charge is -2.65. The van der Waals surface area contributed by atoms with Crippen LogP contribution in [-0.4, -0.2) is 45.8 Å². The molecule has 0 aromatic heterocycles. The maximum absolute atomic E-state index is 15.5. The number of ether oxygens (including phenoxy) is 1. The lowest BCUT2D eigenvalue weighted by atomic mass is 9.45. The van der Waals surface area contributed by atoms with Gasteiger partial charge in [0.1, 0.15) is 12.8 Å². The number of halogens is 2. The zero-order valence-electron chi connectivity index (χ0n) is 18.6. The third-order valence-corrected chi connectivity index (χ3v) is 11.1. The minimum atomic E-state index is -1.23. The third kappa shape index (κ3) is 3.12. The van der Waals surface area contributed by atoms with Gasteiger partial charge in [-0.15, -0.1) is 0 Å². The molecule has 4 aliphatic rings. The van der Waals surface area contributed by atoms with Crippen LogP contribution < -0.4 is 0 Å². The number of allylic oxidation sites excluding steroid dienone is 1. The average Bonchev–Trinajstić information content (AvgIpc) is 2.94. The molecule has 0 radical (unpaired) electrons. The summed E-state index contributed by atoms with van der Waals surface area (Å²) in [6.07, 6.45) is 1.71. The van der Waals surface area contributed by atoms with Crippen LogP contribution in [0.4, 0.5) is 4.39 Å². The zero-order chi connectivity index (χ0) is 22.9. The molecular formula is C24H32BrFO5. The summed E-state index contributed by atoms with van der Waals surface area (Å²) in [6, 6.07) is 0. The number of aliphatic hydroxyl groups is 1. The molecule has 31 heavy (non-hydrogen) atoms. The molecule has 4 rings (SSSR count). The highest BCUT2D eigenvalue weighted by Gasteiger charge is 2.71. The van der Waals surface area contributed by atoms with Crippen LogP contribution in [0.2, 0.25) is 0 Å². The second kappa shape index (κ2) is 7.47. The Bertz CT molecular complexity index is 857. The van der Waals surface area contributed by atoms with Crippen molar-refractivity contribution in [3.63, 3.8) is 0 Å². The number of rotatable bonds is 3. The molecule has 0 bridgehead atoms. The maximum Gasteiger partial charge on any atom is 0.303 e. The van der Waals surface area contributed by atoms with Gasteiger partial charge < -0.3 is 9.84 Å². The fourth-order valence-corrected chi connectivity index (χ4v) is 8.97. The van der Waals surface area contributed by atoms with Crippen molar-refractivity contribution < 1.29 is 28.6 Å². The smallest absolute Gasteiger partial charge is 0.303 e. The summed E-state index contributed by atoms with van der Waals surface area (Å²) in [5.41, 5.74) is -0.652. The first kappa shape index (κ1) is 23.1. The maximum atomic E-state index is 15.5. The molecule has 5 nitrogen and oxygen atoms in total. The molecule has 0 aliphatic heterocycles. The summed E-state index contributed by atoms with van der Waals surface area (Å²) >= 11 is 3.95. The van der Waals surface area contributed by atoms with E-state index in [0.717, 1.165) is 6.42 Å². The minimum Gasteiger partial charge on any atom is -0.458 e. The van der Waals surface area contributed by atoms with E-state index in [1.807, 2.05) is 20.8 Å². The first-order valence-corrected chi connectivity index (χ1v) is 12.1. The van der Waals surface area contributed by atoms with Gasteiger partial charge in [-0.25, -0.2) is 4.39 Å². The van der Waals surface area contributed by atoms with Crippen molar-refractivity contribution in [1.82, 2.24) is 0 Å². The summed E-state index contributed by atoms with van der Waals surface area (Å²) < 4.78 is 19.8. The number of alkyl halides is 2. The third-order valence-electron chi connectivity index (χ3n) is 9.13. The van der Waals surface area contributed by atoms with Gasteiger partial charge in [-0.3, -0.25) is 14.4 Å². The Hall–Kier alpha value is -1.08. The fourth-order valence-electron chi connectivity index (χ4n) is 7.88. The van der Waals surface area contributed by atoms with Gasteiger partial charge in [-0.2, -0.15) is 0 Å². The standard InChI is InChI=1S/C24H32BrFO5/c1-12-7-15-16-9-18(26)17-8-14(28)5-6-23(17,4)24(16,25)20(30)10-22(15,3)21(12)19(29)11-31-13(2)27/h8,12,15-16,18,20-21,30H,5-7,9-11H2,1-4H3/t12-,15+,16+,18+,20+,21-,22+,23+,24+/m1/s1. The van der Waals surface area contributed by atoms with Gasteiger partial charge in [-0.05, 0) is 60.5 Å². The van der Waals surface area contributed by atoms with Crippen molar-refractivity contribution in [3.8, 4) is 0 Å². The molecule has 1 N–H and O–H groups in total. The van der Waals surface area contributed by atoms with E-state index < -0.39 is 33.4 Å². The van der Waals surface area contributed by atoms with E-state index in [4.69, 9.17) is 4.74 Å². The van der Waals surface area contributed by atoms with Crippen LogP contribution in [0.1, 0.15) is 59.8 Å². The number of ketones is 2. The van der Waals surface area contributed by atoms with Gasteiger partial charge in [0.15, 0.2) is 11.6 Å². The molecular weight excluding hydrogens is 467 g/mol. The summed E-state index contributed by atoms with van der Waals surface area (Å²) in [6.45, 7) is 7.07. The van der Waals surface area contributed by atoms with E-state index in [1.165, 1.54) is 13.0 Å². The molecule has 7 heteroatoms. The number of carbonyl (C=O) groups excluding carboxylic acids is 3. The molecule has 9 atom stereocenters. The SMILES string of the molecule is CC(=O)OCC(=O)[C@H]1[C@H](C)C[C@H]2[C@@H]3C[C@H](F)C4=CC(=O)CC[C@]4(C)[C@@]3(Br)[C@@H](O)C[C@@]21C. The second-order valence-electron chi connectivity index (χ2n) is 10.7. The molecule has 4 aliphatic carbocycles. The van der Waals surface area contributed by atoms with Crippen molar-refractivity contribution in [3.05, 3.63) is 11.6 Å². The largest absolute Gasteiger partial charge is 0.458 e. The van der Waals surface area contributed by atoms with Crippen molar-refractivity contribution in [2.45, 2.75) is 76.4 Å². The molecule has 0 saturated heterocycles. The number of esters is 1. The lowest BCUT2D eigenvalue weighted by Crippen LogP contribution is -2.68. The highest BCUT2D eigenvalue weighted by molar-refractivity contribution is 9.10. The predicted molar refractivity (Wildman–Crippen MR) is 116 cm³/mol. The Kier molecular flexibility index (Phi) is 5.57. The molecule has 0 aromatic rings. The molecule has 0 unspecified atom stereocenters. The predicted octanol–water partition coefficient (Wildman–Crippen LogP) is 3.95.